The van der Waals surface area contributed by atoms with Gasteiger partial charge in [0.15, 0.2) is 0 Å². The molecule has 146 valence electrons. The number of benzene rings is 1. The minimum absolute atomic E-state index is 0.172. The highest BCUT2D eigenvalue weighted by atomic mass is 32.1. The number of carbonyl (C=O) groups excluding carboxylic acids is 1. The number of pyridine rings is 1. The van der Waals surface area contributed by atoms with Crippen LogP contribution in [0.25, 0.3) is 21.5 Å². The third-order valence-corrected chi connectivity index (χ3v) is 5.91. The van der Waals surface area contributed by atoms with E-state index in [9.17, 15) is 4.79 Å². The number of anilines is 2. The van der Waals surface area contributed by atoms with Crippen molar-refractivity contribution in [2.24, 2.45) is 0 Å². The number of thiophene rings is 1. The predicted octanol–water partition coefficient (Wildman–Crippen LogP) is 3.61. The number of aromatic nitrogens is 2. The summed E-state index contributed by atoms with van der Waals surface area (Å²) in [4.78, 5) is 23.5. The smallest absolute Gasteiger partial charge is 0.293 e. The Labute approximate surface area is 171 Å². The van der Waals surface area contributed by atoms with Gasteiger partial charge in [0.05, 0.1) is 29.3 Å². The van der Waals surface area contributed by atoms with E-state index in [-0.39, 0.29) is 11.7 Å². The minimum atomic E-state index is -0.340. The van der Waals surface area contributed by atoms with Gasteiger partial charge in [-0.2, -0.15) is 0 Å². The minimum Gasteiger partial charge on any atom is -0.431 e. The van der Waals surface area contributed by atoms with E-state index in [1.165, 1.54) is 6.20 Å². The molecule has 0 bridgehead atoms. The number of rotatable bonds is 4. The van der Waals surface area contributed by atoms with Gasteiger partial charge in [-0.15, -0.1) is 11.3 Å². The van der Waals surface area contributed by atoms with Crippen LogP contribution in [0, 0.1) is 0 Å². The summed E-state index contributed by atoms with van der Waals surface area (Å²) in [5.74, 6) is 0.277. The van der Waals surface area contributed by atoms with Crippen LogP contribution in [-0.2, 0) is 0 Å². The standard InChI is InChI=1S/C21H19N5O2S/c27-20(25-16-11-23-6-5-17(16)26-9-7-22-8-10-26)18-12-24-21(28-18)15-13-29-19-4-2-1-3-14(15)19/h1-6,11-13,22H,7-10H2,(H,25,27). The highest BCUT2D eigenvalue weighted by Gasteiger charge is 2.19. The number of nitrogens with one attached hydrogen (secondary N) is 2. The van der Waals surface area contributed by atoms with E-state index in [0.717, 1.165) is 47.5 Å². The average Bonchev–Trinajstić information content (AvgIpc) is 3.42. The molecule has 1 saturated heterocycles. The molecule has 1 amide bonds. The number of amides is 1. The largest absolute Gasteiger partial charge is 0.431 e. The van der Waals surface area contributed by atoms with Crippen LogP contribution in [0.3, 0.4) is 0 Å². The Morgan fingerprint density at radius 2 is 2.03 bits per heavy atom. The van der Waals surface area contributed by atoms with E-state index in [1.807, 2.05) is 29.6 Å². The summed E-state index contributed by atoms with van der Waals surface area (Å²) in [6.45, 7) is 3.58. The fraction of sp³-hybridized carbons (Fsp3) is 0.190. The molecule has 5 rings (SSSR count). The first kappa shape index (κ1) is 17.8. The maximum Gasteiger partial charge on any atom is 0.293 e. The first-order chi connectivity index (χ1) is 14.3. The first-order valence-corrected chi connectivity index (χ1v) is 10.3. The van der Waals surface area contributed by atoms with Gasteiger partial charge in [0, 0.05) is 47.8 Å². The Morgan fingerprint density at radius 3 is 2.93 bits per heavy atom. The molecule has 0 unspecified atom stereocenters. The molecule has 4 heterocycles. The maximum atomic E-state index is 12.8. The van der Waals surface area contributed by atoms with Crippen molar-refractivity contribution < 1.29 is 9.21 Å². The fourth-order valence-electron chi connectivity index (χ4n) is 3.50. The number of hydrogen-bond donors (Lipinski definition) is 2. The number of oxazole rings is 1. The van der Waals surface area contributed by atoms with Crippen LogP contribution in [0.15, 0.2) is 58.7 Å². The lowest BCUT2D eigenvalue weighted by atomic mass is 10.2. The van der Waals surface area contributed by atoms with E-state index < -0.39 is 0 Å². The van der Waals surface area contributed by atoms with Crippen molar-refractivity contribution in [1.29, 1.82) is 0 Å². The molecular formula is C21H19N5O2S. The number of piperazine rings is 1. The SMILES string of the molecule is O=C(Nc1cnccc1N1CCNCC1)c1cnc(-c2csc3ccccc23)o1. The molecule has 3 aromatic heterocycles. The Hall–Kier alpha value is -3.23. The van der Waals surface area contributed by atoms with Crippen molar-refractivity contribution in [3.63, 3.8) is 0 Å². The monoisotopic (exact) mass is 405 g/mol. The molecule has 0 radical (unpaired) electrons. The maximum absolute atomic E-state index is 12.8. The van der Waals surface area contributed by atoms with E-state index in [0.29, 0.717) is 11.6 Å². The van der Waals surface area contributed by atoms with Gasteiger partial charge in [0.1, 0.15) is 0 Å². The van der Waals surface area contributed by atoms with Gasteiger partial charge in [-0.1, -0.05) is 18.2 Å². The highest BCUT2D eigenvalue weighted by molar-refractivity contribution is 7.17. The van der Waals surface area contributed by atoms with Crippen LogP contribution < -0.4 is 15.5 Å². The van der Waals surface area contributed by atoms with Gasteiger partial charge >= 0.3 is 0 Å². The van der Waals surface area contributed by atoms with Crippen molar-refractivity contribution in [2.75, 3.05) is 36.4 Å². The average molecular weight is 405 g/mol. The molecule has 0 saturated carbocycles. The van der Waals surface area contributed by atoms with Gasteiger partial charge in [-0.3, -0.25) is 9.78 Å². The quantitative estimate of drug-likeness (QED) is 0.540. The normalized spacial score (nSPS) is 14.3. The molecular weight excluding hydrogens is 386 g/mol. The fourth-order valence-corrected chi connectivity index (χ4v) is 4.43. The molecule has 2 N–H and O–H groups in total. The first-order valence-electron chi connectivity index (χ1n) is 9.43. The molecule has 1 aliphatic rings. The Kier molecular flexibility index (Phi) is 4.71. The number of fused-ring (bicyclic) bond motifs is 1. The molecule has 0 atom stereocenters. The third-order valence-electron chi connectivity index (χ3n) is 4.94. The Morgan fingerprint density at radius 1 is 1.17 bits per heavy atom. The van der Waals surface area contributed by atoms with Crippen LogP contribution >= 0.6 is 11.3 Å². The third kappa shape index (κ3) is 3.48. The summed E-state index contributed by atoms with van der Waals surface area (Å²) in [6.07, 6.45) is 4.87. The van der Waals surface area contributed by atoms with E-state index in [1.54, 1.807) is 23.7 Å². The molecule has 1 aliphatic heterocycles. The molecule has 7 nitrogen and oxygen atoms in total. The number of hydrogen-bond acceptors (Lipinski definition) is 7. The van der Waals surface area contributed by atoms with E-state index in [4.69, 9.17) is 4.42 Å². The molecule has 4 aromatic rings. The predicted molar refractivity (Wildman–Crippen MR) is 115 cm³/mol. The summed E-state index contributed by atoms with van der Waals surface area (Å²) in [7, 11) is 0. The molecule has 29 heavy (non-hydrogen) atoms. The lowest BCUT2D eigenvalue weighted by Gasteiger charge is -2.30. The summed E-state index contributed by atoms with van der Waals surface area (Å²) in [6, 6.07) is 9.99. The topological polar surface area (TPSA) is 83.3 Å². The van der Waals surface area contributed by atoms with Crippen LogP contribution in [-0.4, -0.2) is 42.1 Å². The molecule has 0 spiro atoms. The van der Waals surface area contributed by atoms with Crippen molar-refractivity contribution in [1.82, 2.24) is 15.3 Å². The van der Waals surface area contributed by atoms with E-state index >= 15 is 0 Å². The zero-order valence-electron chi connectivity index (χ0n) is 15.6. The van der Waals surface area contributed by atoms with Gasteiger partial charge in [0.2, 0.25) is 11.7 Å². The highest BCUT2D eigenvalue weighted by Crippen LogP contribution is 2.33. The summed E-state index contributed by atoms with van der Waals surface area (Å²) >= 11 is 1.63. The Bertz CT molecular complexity index is 1160. The summed E-state index contributed by atoms with van der Waals surface area (Å²) in [5.41, 5.74) is 2.52. The van der Waals surface area contributed by atoms with Crippen molar-refractivity contribution >= 4 is 38.7 Å². The zero-order valence-corrected chi connectivity index (χ0v) is 16.4. The van der Waals surface area contributed by atoms with Crippen molar-refractivity contribution in [3.05, 3.63) is 60.1 Å². The molecule has 8 heteroatoms. The van der Waals surface area contributed by atoms with Crippen LogP contribution in [0.4, 0.5) is 11.4 Å². The second kappa shape index (κ2) is 7.65. The molecule has 1 aromatic carbocycles. The molecule has 0 aliphatic carbocycles. The van der Waals surface area contributed by atoms with Gasteiger partial charge in [-0.05, 0) is 12.1 Å². The van der Waals surface area contributed by atoms with Crippen LogP contribution in [0.1, 0.15) is 10.6 Å². The van der Waals surface area contributed by atoms with E-state index in [2.05, 4.69) is 31.6 Å². The summed E-state index contributed by atoms with van der Waals surface area (Å²) < 4.78 is 6.95. The number of carbonyl (C=O) groups is 1. The lowest BCUT2D eigenvalue weighted by Crippen LogP contribution is -2.43. The second-order valence-electron chi connectivity index (χ2n) is 6.76. The van der Waals surface area contributed by atoms with Crippen molar-refractivity contribution in [2.45, 2.75) is 0 Å². The van der Waals surface area contributed by atoms with Crippen LogP contribution in [0.2, 0.25) is 0 Å². The number of nitrogens with zero attached hydrogens (tertiary/aromatic N) is 3. The second-order valence-corrected chi connectivity index (χ2v) is 7.67. The van der Waals surface area contributed by atoms with Crippen molar-refractivity contribution in [3.8, 4) is 11.5 Å². The zero-order chi connectivity index (χ0) is 19.6. The summed E-state index contributed by atoms with van der Waals surface area (Å²) in [5, 5.41) is 9.33. The van der Waals surface area contributed by atoms with Crippen LogP contribution in [0.5, 0.6) is 0 Å². The Balaban J connectivity index is 1.39. The lowest BCUT2D eigenvalue weighted by molar-refractivity contribution is 0.0997. The van der Waals surface area contributed by atoms with Gasteiger partial charge < -0.3 is 20.0 Å². The van der Waals surface area contributed by atoms with Gasteiger partial charge in [-0.25, -0.2) is 4.98 Å². The molecule has 1 fully saturated rings. The van der Waals surface area contributed by atoms with Gasteiger partial charge in [0.25, 0.3) is 5.91 Å².